The Labute approximate surface area is 141 Å². The molecular weight excluding hydrogens is 319 g/mol. The summed E-state index contributed by atoms with van der Waals surface area (Å²) in [6, 6.07) is -0.159. The van der Waals surface area contributed by atoms with Crippen molar-refractivity contribution in [2.75, 3.05) is 33.2 Å². The molecule has 0 aliphatic carbocycles. The van der Waals surface area contributed by atoms with Crippen LogP contribution in [0.1, 0.15) is 50.8 Å². The third-order valence-corrected chi connectivity index (χ3v) is 4.54. The zero-order valence-electron chi connectivity index (χ0n) is 14.8. The van der Waals surface area contributed by atoms with Crippen LogP contribution in [-0.4, -0.2) is 64.0 Å². The fourth-order valence-corrected chi connectivity index (χ4v) is 3.01. The second-order valence-corrected chi connectivity index (χ2v) is 6.63. The first-order valence-electron chi connectivity index (χ1n) is 8.73. The largest absolute Gasteiger partial charge is 0.408 e. The molecule has 0 radical (unpaired) electrons. The Morgan fingerprint density at radius 2 is 1.79 bits per heavy atom. The topological polar surface area (TPSA) is 37.2 Å². The summed E-state index contributed by atoms with van der Waals surface area (Å²) in [4.78, 5) is 8.87. The summed E-state index contributed by atoms with van der Waals surface area (Å²) >= 11 is 0. The first kappa shape index (κ1) is 19.2. The first-order chi connectivity index (χ1) is 11.3. The summed E-state index contributed by atoms with van der Waals surface area (Å²) in [5.74, 6) is 0.965. The molecule has 138 valence electrons. The van der Waals surface area contributed by atoms with Gasteiger partial charge in [-0.3, -0.25) is 4.90 Å². The lowest BCUT2D eigenvalue weighted by Gasteiger charge is -2.36. The maximum absolute atomic E-state index is 12.9. The number of piperazine rings is 1. The van der Waals surface area contributed by atoms with Gasteiger partial charge in [-0.15, -0.1) is 0 Å². The number of aryl methyl sites for hydroxylation is 1. The van der Waals surface area contributed by atoms with Crippen LogP contribution in [-0.2, 0) is 13.0 Å². The average Bonchev–Trinajstić information content (AvgIpc) is 2.88. The highest BCUT2D eigenvalue weighted by Crippen LogP contribution is 2.24. The van der Waals surface area contributed by atoms with Gasteiger partial charge in [0.15, 0.2) is 5.82 Å². The summed E-state index contributed by atoms with van der Waals surface area (Å²) in [5, 5.41) is 4.15. The summed E-state index contributed by atoms with van der Waals surface area (Å²) in [5.41, 5.74) is 0. The lowest BCUT2D eigenvalue weighted by atomic mass is 10.2. The van der Waals surface area contributed by atoms with Crippen LogP contribution in [0.5, 0.6) is 0 Å². The smallest absolute Gasteiger partial charge is 0.304 e. The van der Waals surface area contributed by atoms with Gasteiger partial charge in [0.25, 0.3) is 0 Å². The molecule has 1 fully saturated rings. The number of unbranched alkanes of at least 4 members (excludes halogenated alkanes) is 2. The molecule has 1 unspecified atom stereocenters. The van der Waals surface area contributed by atoms with Crippen LogP contribution in [0.4, 0.5) is 13.2 Å². The highest BCUT2D eigenvalue weighted by atomic mass is 19.4. The molecule has 1 aromatic heterocycles. The highest BCUT2D eigenvalue weighted by Gasteiger charge is 2.32. The molecule has 5 nitrogen and oxygen atoms in total. The van der Waals surface area contributed by atoms with Gasteiger partial charge in [-0.25, -0.2) is 9.67 Å². The van der Waals surface area contributed by atoms with E-state index in [1.54, 1.807) is 0 Å². The van der Waals surface area contributed by atoms with E-state index in [0.717, 1.165) is 50.1 Å². The van der Waals surface area contributed by atoms with Crippen LogP contribution in [0.3, 0.4) is 0 Å². The minimum atomic E-state index is -4.29. The monoisotopic (exact) mass is 347 g/mol. The Hall–Kier alpha value is -1.15. The molecule has 0 amide bonds. The van der Waals surface area contributed by atoms with Gasteiger partial charge in [-0.2, -0.15) is 18.3 Å². The predicted molar refractivity (Wildman–Crippen MR) is 86.8 cm³/mol. The molecule has 1 aliphatic rings. The Morgan fingerprint density at radius 3 is 2.38 bits per heavy atom. The van der Waals surface area contributed by atoms with E-state index in [2.05, 4.69) is 33.9 Å². The van der Waals surface area contributed by atoms with Crippen LogP contribution in [0.2, 0.25) is 0 Å². The Bertz CT molecular complexity index is 506. The van der Waals surface area contributed by atoms with Crippen molar-refractivity contribution in [1.29, 1.82) is 0 Å². The maximum Gasteiger partial charge on any atom is 0.408 e. The molecule has 0 N–H and O–H groups in total. The second kappa shape index (κ2) is 8.29. The van der Waals surface area contributed by atoms with Gasteiger partial charge in [0, 0.05) is 32.6 Å². The molecule has 0 bridgehead atoms. The van der Waals surface area contributed by atoms with Gasteiger partial charge in [0.05, 0.1) is 6.04 Å². The van der Waals surface area contributed by atoms with E-state index in [9.17, 15) is 13.2 Å². The number of aromatic nitrogens is 3. The van der Waals surface area contributed by atoms with Crippen molar-refractivity contribution >= 4 is 0 Å². The quantitative estimate of drug-likeness (QED) is 0.711. The summed E-state index contributed by atoms with van der Waals surface area (Å²) < 4.78 is 39.7. The van der Waals surface area contributed by atoms with Gasteiger partial charge in [0.1, 0.15) is 12.4 Å². The van der Waals surface area contributed by atoms with Crippen molar-refractivity contribution in [3.63, 3.8) is 0 Å². The summed E-state index contributed by atoms with van der Waals surface area (Å²) in [6.07, 6.45) is -0.633. The Kier molecular flexibility index (Phi) is 6.62. The Morgan fingerprint density at radius 1 is 1.12 bits per heavy atom. The zero-order chi connectivity index (χ0) is 17.7. The maximum atomic E-state index is 12.9. The number of hydrogen-bond donors (Lipinski definition) is 0. The van der Waals surface area contributed by atoms with Gasteiger partial charge in [-0.1, -0.05) is 19.8 Å². The third-order valence-electron chi connectivity index (χ3n) is 4.54. The average molecular weight is 347 g/mol. The minimum Gasteiger partial charge on any atom is -0.304 e. The van der Waals surface area contributed by atoms with Crippen molar-refractivity contribution < 1.29 is 13.2 Å². The van der Waals surface area contributed by atoms with E-state index in [1.165, 1.54) is 0 Å². The molecule has 1 atom stereocenters. The molecule has 24 heavy (non-hydrogen) atoms. The molecule has 2 rings (SSSR count). The highest BCUT2D eigenvalue weighted by molar-refractivity contribution is 5.00. The summed E-state index contributed by atoms with van der Waals surface area (Å²) in [6.45, 7) is 6.46. The van der Waals surface area contributed by atoms with Crippen molar-refractivity contribution in [1.82, 2.24) is 24.6 Å². The fourth-order valence-electron chi connectivity index (χ4n) is 3.01. The number of nitrogens with zero attached hydrogens (tertiary/aromatic N) is 5. The SMILES string of the molecule is CCCCCc1nc(C(C)N2CCN(C)CC2)n(CC(F)(F)F)n1. The van der Waals surface area contributed by atoms with Gasteiger partial charge in [0.2, 0.25) is 0 Å². The van der Waals surface area contributed by atoms with Crippen molar-refractivity contribution in [2.24, 2.45) is 0 Å². The summed E-state index contributed by atoms with van der Waals surface area (Å²) in [7, 11) is 2.06. The Balaban J connectivity index is 2.15. The molecule has 0 saturated carbocycles. The van der Waals surface area contributed by atoms with Crippen LogP contribution >= 0.6 is 0 Å². The molecule has 1 saturated heterocycles. The molecule has 1 aliphatic heterocycles. The van der Waals surface area contributed by atoms with E-state index >= 15 is 0 Å². The normalized spacial score (nSPS) is 18.9. The molecule has 0 aromatic carbocycles. The lowest BCUT2D eigenvalue weighted by molar-refractivity contribution is -0.143. The fraction of sp³-hybridized carbons (Fsp3) is 0.875. The van der Waals surface area contributed by atoms with Crippen LogP contribution in [0.25, 0.3) is 0 Å². The van der Waals surface area contributed by atoms with E-state index in [1.807, 2.05) is 6.92 Å². The zero-order valence-corrected chi connectivity index (χ0v) is 14.8. The standard InChI is InChI=1S/C16H28F3N5/c1-4-5-6-7-14-20-15(24(21-14)12-16(17,18)19)13(2)23-10-8-22(3)9-11-23/h13H,4-12H2,1-3H3. The van der Waals surface area contributed by atoms with E-state index in [-0.39, 0.29) is 6.04 Å². The number of alkyl halides is 3. The van der Waals surface area contributed by atoms with Gasteiger partial charge >= 0.3 is 6.18 Å². The second-order valence-electron chi connectivity index (χ2n) is 6.63. The molecule has 0 spiro atoms. The van der Waals surface area contributed by atoms with Crippen molar-refractivity contribution in [3.05, 3.63) is 11.6 Å². The number of hydrogen-bond acceptors (Lipinski definition) is 4. The third kappa shape index (κ3) is 5.44. The first-order valence-corrected chi connectivity index (χ1v) is 8.73. The number of rotatable bonds is 7. The van der Waals surface area contributed by atoms with Crippen LogP contribution in [0.15, 0.2) is 0 Å². The molecule has 2 heterocycles. The van der Waals surface area contributed by atoms with Gasteiger partial charge < -0.3 is 4.90 Å². The minimum absolute atomic E-state index is 0.159. The lowest BCUT2D eigenvalue weighted by Crippen LogP contribution is -2.46. The predicted octanol–water partition coefficient (Wildman–Crippen LogP) is 2.88. The molecular formula is C16H28F3N5. The van der Waals surface area contributed by atoms with E-state index in [0.29, 0.717) is 18.1 Å². The van der Waals surface area contributed by atoms with Crippen molar-refractivity contribution in [3.8, 4) is 0 Å². The molecule has 8 heteroatoms. The number of halogens is 3. The van der Waals surface area contributed by atoms with Crippen molar-refractivity contribution in [2.45, 2.75) is 58.3 Å². The van der Waals surface area contributed by atoms with Gasteiger partial charge in [-0.05, 0) is 20.4 Å². The number of likely N-dealkylation sites (N-methyl/N-ethyl adjacent to an activating group) is 1. The molecule has 1 aromatic rings. The van der Waals surface area contributed by atoms with E-state index < -0.39 is 12.7 Å². The van der Waals surface area contributed by atoms with Crippen LogP contribution in [0, 0.1) is 0 Å². The van der Waals surface area contributed by atoms with E-state index in [4.69, 9.17) is 0 Å². The van der Waals surface area contributed by atoms with Crippen LogP contribution < -0.4 is 0 Å².